The maximum Gasteiger partial charge on any atom is 0.270 e. The molecule has 2 aromatic carbocycles. The fourth-order valence-electron chi connectivity index (χ4n) is 1.99. The van der Waals surface area contributed by atoms with E-state index in [0.29, 0.717) is 6.54 Å². The number of carbonyl (C=O) groups is 1. The number of anilines is 1. The van der Waals surface area contributed by atoms with E-state index >= 15 is 0 Å². The minimum absolute atomic E-state index is 0.0186. The highest BCUT2D eigenvalue weighted by atomic mass is 16.5. The van der Waals surface area contributed by atoms with Gasteiger partial charge in [0.2, 0.25) is 0 Å². The number of ether oxygens (including phenoxy) is 1. The average molecular weight is 239 g/mol. The Hall–Kier alpha value is -2.29. The predicted molar refractivity (Wildman–Crippen MR) is 69.7 cm³/mol. The Kier molecular flexibility index (Phi) is 2.73. The van der Waals surface area contributed by atoms with Gasteiger partial charge in [-0.3, -0.25) is 4.79 Å². The van der Waals surface area contributed by atoms with Crippen LogP contribution in [-0.2, 0) is 4.79 Å². The first-order valence-corrected chi connectivity index (χ1v) is 5.93. The Labute approximate surface area is 106 Å². The Morgan fingerprint density at radius 2 is 1.56 bits per heavy atom. The normalized spacial score (nSPS) is 18.3. The monoisotopic (exact) mass is 239 g/mol. The summed E-state index contributed by atoms with van der Waals surface area (Å²) < 4.78 is 5.62. The van der Waals surface area contributed by atoms with Crippen LogP contribution in [0.5, 0.6) is 5.75 Å². The number of amides is 1. The largest absolute Gasteiger partial charge is 0.479 e. The van der Waals surface area contributed by atoms with Gasteiger partial charge >= 0.3 is 0 Å². The second-order valence-corrected chi connectivity index (χ2v) is 4.20. The van der Waals surface area contributed by atoms with Gasteiger partial charge in [0, 0.05) is 5.69 Å². The summed E-state index contributed by atoms with van der Waals surface area (Å²) in [6.45, 7) is 0.609. The molecule has 1 amide bonds. The summed E-state index contributed by atoms with van der Waals surface area (Å²) in [5, 5.41) is 0. The maximum atomic E-state index is 12.0. The molecule has 0 spiro atoms. The molecule has 2 aromatic rings. The summed E-state index contributed by atoms with van der Waals surface area (Å²) in [5.41, 5.74) is 0.926. The van der Waals surface area contributed by atoms with Gasteiger partial charge in [-0.15, -0.1) is 0 Å². The molecule has 0 radical (unpaired) electrons. The Bertz CT molecular complexity index is 539. The lowest BCUT2D eigenvalue weighted by Crippen LogP contribution is -2.59. The molecule has 3 nitrogen and oxygen atoms in total. The SMILES string of the molecule is O=C1C(Oc2ccccc2)CN1c1ccccc1. The molecule has 3 heteroatoms. The minimum Gasteiger partial charge on any atom is -0.479 e. The summed E-state index contributed by atoms with van der Waals surface area (Å²) in [6.07, 6.45) is -0.354. The van der Waals surface area contributed by atoms with Crippen LogP contribution in [0, 0.1) is 0 Å². The zero-order valence-electron chi connectivity index (χ0n) is 9.82. The number of hydrogen-bond acceptors (Lipinski definition) is 2. The van der Waals surface area contributed by atoms with Crippen LogP contribution in [0.25, 0.3) is 0 Å². The van der Waals surface area contributed by atoms with Crippen LogP contribution in [0.2, 0.25) is 0 Å². The van der Waals surface area contributed by atoms with Gasteiger partial charge in [-0.05, 0) is 24.3 Å². The zero-order valence-corrected chi connectivity index (χ0v) is 9.82. The molecule has 90 valence electrons. The third-order valence-corrected chi connectivity index (χ3v) is 2.98. The molecular weight excluding hydrogens is 226 g/mol. The van der Waals surface area contributed by atoms with Crippen molar-refractivity contribution in [3.63, 3.8) is 0 Å². The van der Waals surface area contributed by atoms with Crippen molar-refractivity contribution in [3.8, 4) is 5.75 Å². The lowest BCUT2D eigenvalue weighted by molar-refractivity contribution is -0.130. The van der Waals surface area contributed by atoms with E-state index in [1.54, 1.807) is 4.90 Å². The number of nitrogens with zero attached hydrogens (tertiary/aromatic N) is 1. The van der Waals surface area contributed by atoms with Gasteiger partial charge in [0.1, 0.15) is 5.75 Å². The fourth-order valence-corrected chi connectivity index (χ4v) is 1.99. The summed E-state index contributed by atoms with van der Waals surface area (Å²) in [5.74, 6) is 0.758. The number of para-hydroxylation sites is 2. The van der Waals surface area contributed by atoms with Crippen molar-refractivity contribution in [1.82, 2.24) is 0 Å². The molecule has 0 aliphatic carbocycles. The number of hydrogen-bond donors (Lipinski definition) is 0. The molecule has 3 rings (SSSR count). The number of β-lactam (4-membered cyclic amide) rings is 1. The highest BCUT2D eigenvalue weighted by Crippen LogP contribution is 2.24. The topological polar surface area (TPSA) is 29.5 Å². The van der Waals surface area contributed by atoms with Crippen LogP contribution < -0.4 is 9.64 Å². The molecular formula is C15H13NO2. The molecule has 1 fully saturated rings. The van der Waals surface area contributed by atoms with Crippen LogP contribution in [0.3, 0.4) is 0 Å². The smallest absolute Gasteiger partial charge is 0.270 e. The summed E-state index contributed by atoms with van der Waals surface area (Å²) in [4.78, 5) is 13.7. The molecule has 0 saturated carbocycles. The summed E-state index contributed by atoms with van der Waals surface area (Å²) in [6, 6.07) is 19.1. The fraction of sp³-hybridized carbons (Fsp3) is 0.133. The van der Waals surface area contributed by atoms with E-state index in [2.05, 4.69) is 0 Å². The van der Waals surface area contributed by atoms with Gasteiger partial charge in [-0.1, -0.05) is 36.4 Å². The molecule has 1 aliphatic heterocycles. The van der Waals surface area contributed by atoms with E-state index in [4.69, 9.17) is 4.74 Å². The first-order chi connectivity index (χ1) is 8.84. The second kappa shape index (κ2) is 4.53. The molecule has 0 aromatic heterocycles. The number of carbonyl (C=O) groups excluding carboxylic acids is 1. The van der Waals surface area contributed by atoms with E-state index in [-0.39, 0.29) is 12.0 Å². The highest BCUT2D eigenvalue weighted by Gasteiger charge is 2.39. The van der Waals surface area contributed by atoms with E-state index in [1.165, 1.54) is 0 Å². The van der Waals surface area contributed by atoms with Gasteiger partial charge in [-0.25, -0.2) is 0 Å². The molecule has 1 saturated heterocycles. The van der Waals surface area contributed by atoms with Gasteiger partial charge in [0.25, 0.3) is 5.91 Å². The number of rotatable bonds is 3. The van der Waals surface area contributed by atoms with Crippen molar-refractivity contribution in [2.24, 2.45) is 0 Å². The Balaban J connectivity index is 1.66. The summed E-state index contributed by atoms with van der Waals surface area (Å²) in [7, 11) is 0. The van der Waals surface area contributed by atoms with Crippen molar-refractivity contribution in [2.75, 3.05) is 11.4 Å². The van der Waals surface area contributed by atoms with Crippen LogP contribution in [0.4, 0.5) is 5.69 Å². The van der Waals surface area contributed by atoms with Crippen LogP contribution in [-0.4, -0.2) is 18.6 Å². The predicted octanol–water partition coefficient (Wildman–Crippen LogP) is 2.48. The maximum absolute atomic E-state index is 12.0. The lowest BCUT2D eigenvalue weighted by atomic mass is 10.1. The molecule has 1 unspecified atom stereocenters. The third-order valence-electron chi connectivity index (χ3n) is 2.98. The van der Waals surface area contributed by atoms with E-state index in [1.807, 2.05) is 60.7 Å². The Morgan fingerprint density at radius 1 is 0.944 bits per heavy atom. The van der Waals surface area contributed by atoms with Crippen molar-refractivity contribution in [3.05, 3.63) is 60.7 Å². The molecule has 0 N–H and O–H groups in total. The molecule has 0 bridgehead atoms. The zero-order chi connectivity index (χ0) is 12.4. The lowest BCUT2D eigenvalue weighted by Gasteiger charge is -2.38. The van der Waals surface area contributed by atoms with Gasteiger partial charge in [0.15, 0.2) is 6.10 Å². The quantitative estimate of drug-likeness (QED) is 0.770. The molecule has 1 heterocycles. The van der Waals surface area contributed by atoms with E-state index in [9.17, 15) is 4.79 Å². The van der Waals surface area contributed by atoms with Crippen LogP contribution in [0.15, 0.2) is 60.7 Å². The molecule has 1 aliphatic rings. The Morgan fingerprint density at radius 3 is 2.17 bits per heavy atom. The van der Waals surface area contributed by atoms with E-state index < -0.39 is 0 Å². The van der Waals surface area contributed by atoms with Crippen LogP contribution in [0.1, 0.15) is 0 Å². The minimum atomic E-state index is -0.354. The summed E-state index contributed by atoms with van der Waals surface area (Å²) >= 11 is 0. The first-order valence-electron chi connectivity index (χ1n) is 5.93. The van der Waals surface area contributed by atoms with Gasteiger partial charge < -0.3 is 9.64 Å². The average Bonchev–Trinajstić information content (AvgIpc) is 2.44. The van der Waals surface area contributed by atoms with Gasteiger partial charge in [0.05, 0.1) is 6.54 Å². The number of benzene rings is 2. The van der Waals surface area contributed by atoms with Crippen LogP contribution >= 0.6 is 0 Å². The standard InChI is InChI=1S/C15H13NO2/c17-15-14(18-13-9-5-2-6-10-13)11-16(15)12-7-3-1-4-8-12/h1-10,14H,11H2. The van der Waals surface area contributed by atoms with Crippen molar-refractivity contribution in [1.29, 1.82) is 0 Å². The first kappa shape index (κ1) is 10.8. The molecule has 18 heavy (non-hydrogen) atoms. The van der Waals surface area contributed by atoms with Crippen molar-refractivity contribution >= 4 is 11.6 Å². The van der Waals surface area contributed by atoms with E-state index in [0.717, 1.165) is 11.4 Å². The van der Waals surface area contributed by atoms with Gasteiger partial charge in [-0.2, -0.15) is 0 Å². The highest BCUT2D eigenvalue weighted by molar-refractivity contribution is 6.03. The third kappa shape index (κ3) is 1.95. The van der Waals surface area contributed by atoms with Crippen molar-refractivity contribution in [2.45, 2.75) is 6.10 Å². The van der Waals surface area contributed by atoms with Crippen molar-refractivity contribution < 1.29 is 9.53 Å². The second-order valence-electron chi connectivity index (χ2n) is 4.20. The molecule has 1 atom stereocenters.